The molecule has 0 N–H and O–H groups in total. The van der Waals surface area contributed by atoms with Crippen LogP contribution in [0.5, 0.6) is 0 Å². The number of carbonyl (C=O) groups excluding carboxylic acids is 1. The molecule has 2 aromatic rings. The number of piperidine rings is 1. The monoisotopic (exact) mass is 366 g/mol. The van der Waals surface area contributed by atoms with Gasteiger partial charge < -0.3 is 4.90 Å². The maximum Gasteiger partial charge on any atom is 0.224 e. The Morgan fingerprint density at radius 2 is 1.93 bits per heavy atom. The Morgan fingerprint density at radius 1 is 1.11 bits per heavy atom. The van der Waals surface area contributed by atoms with Crippen LogP contribution in [-0.2, 0) is 17.9 Å². The summed E-state index contributed by atoms with van der Waals surface area (Å²) in [5.41, 5.74) is 3.52. The van der Waals surface area contributed by atoms with Gasteiger partial charge in [-0.15, -0.1) is 0 Å². The molecule has 0 saturated carbocycles. The number of aryl methyl sites for hydroxylation is 3. The molecule has 27 heavy (non-hydrogen) atoms. The molecule has 3 aliphatic heterocycles. The molecule has 2 bridgehead atoms. The van der Waals surface area contributed by atoms with Crippen LogP contribution in [0.3, 0.4) is 0 Å². The standard InChI is InChI=1S/C22H30N4O/c1-17-12-18(2)26(23-17)11-10-22(27)25-15-20-8-9-21(16-25)24(14-20)13-19-6-4-3-5-7-19/h3-7,12,20-21H,8-11,13-16H2,1-2H3/t20-,21-/m1/s1. The minimum Gasteiger partial charge on any atom is -0.341 e. The predicted octanol–water partition coefficient (Wildman–Crippen LogP) is 3.01. The average molecular weight is 367 g/mol. The van der Waals surface area contributed by atoms with E-state index in [4.69, 9.17) is 0 Å². The molecular formula is C22H30N4O. The van der Waals surface area contributed by atoms with Gasteiger partial charge in [0.05, 0.1) is 5.69 Å². The molecule has 0 spiro atoms. The third-order valence-electron chi connectivity index (χ3n) is 6.05. The molecule has 0 unspecified atom stereocenters. The van der Waals surface area contributed by atoms with Gasteiger partial charge >= 0.3 is 0 Å². The highest BCUT2D eigenvalue weighted by molar-refractivity contribution is 5.76. The van der Waals surface area contributed by atoms with Crippen molar-refractivity contribution in [1.29, 1.82) is 0 Å². The lowest BCUT2D eigenvalue weighted by Crippen LogP contribution is -2.44. The number of carbonyl (C=O) groups is 1. The summed E-state index contributed by atoms with van der Waals surface area (Å²) in [5.74, 6) is 0.881. The number of amides is 1. The third kappa shape index (κ3) is 4.24. The van der Waals surface area contributed by atoms with Crippen LogP contribution in [0.1, 0.15) is 36.2 Å². The summed E-state index contributed by atoms with van der Waals surface area (Å²) in [4.78, 5) is 17.6. The van der Waals surface area contributed by atoms with Crippen molar-refractivity contribution in [2.24, 2.45) is 5.92 Å². The van der Waals surface area contributed by atoms with Crippen molar-refractivity contribution in [3.05, 3.63) is 53.3 Å². The van der Waals surface area contributed by atoms with Crippen molar-refractivity contribution in [2.45, 2.75) is 52.2 Å². The highest BCUT2D eigenvalue weighted by atomic mass is 16.2. The van der Waals surface area contributed by atoms with E-state index in [0.717, 1.165) is 37.6 Å². The van der Waals surface area contributed by atoms with E-state index < -0.39 is 0 Å². The van der Waals surface area contributed by atoms with E-state index >= 15 is 0 Å². The van der Waals surface area contributed by atoms with Crippen LogP contribution >= 0.6 is 0 Å². The second-order valence-electron chi connectivity index (χ2n) is 8.21. The predicted molar refractivity (Wildman–Crippen MR) is 106 cm³/mol. The lowest BCUT2D eigenvalue weighted by molar-refractivity contribution is -0.131. The molecule has 1 amide bonds. The van der Waals surface area contributed by atoms with Gasteiger partial charge in [-0.25, -0.2) is 0 Å². The molecule has 3 fully saturated rings. The number of hydrogen-bond donors (Lipinski definition) is 0. The maximum absolute atomic E-state index is 12.9. The second-order valence-corrected chi connectivity index (χ2v) is 8.21. The SMILES string of the molecule is Cc1cc(C)n(CCC(=O)N2C[C@@H]3CC[C@H](C2)N(Cc2ccccc2)C3)n1. The first-order valence-electron chi connectivity index (χ1n) is 10.2. The van der Waals surface area contributed by atoms with E-state index in [1.165, 1.54) is 18.4 Å². The number of benzene rings is 1. The fourth-order valence-corrected chi connectivity index (χ4v) is 4.66. The Labute approximate surface area is 162 Å². The molecule has 4 heterocycles. The van der Waals surface area contributed by atoms with E-state index in [9.17, 15) is 4.79 Å². The van der Waals surface area contributed by atoms with Gasteiger partial charge in [0, 0.05) is 50.9 Å². The molecule has 2 atom stereocenters. The molecule has 3 aliphatic rings. The number of fused-ring (bicyclic) bond motifs is 4. The summed E-state index contributed by atoms with van der Waals surface area (Å²) in [5, 5.41) is 4.48. The van der Waals surface area contributed by atoms with Crippen molar-refractivity contribution in [3.63, 3.8) is 0 Å². The van der Waals surface area contributed by atoms with Crippen molar-refractivity contribution < 1.29 is 4.79 Å². The summed E-state index contributed by atoms with van der Waals surface area (Å²) in [6.07, 6.45) is 3.00. The van der Waals surface area contributed by atoms with E-state index in [2.05, 4.69) is 58.2 Å². The first-order chi connectivity index (χ1) is 13.1. The van der Waals surface area contributed by atoms with Gasteiger partial charge in [-0.3, -0.25) is 14.4 Å². The smallest absolute Gasteiger partial charge is 0.224 e. The van der Waals surface area contributed by atoms with Crippen LogP contribution in [0.25, 0.3) is 0 Å². The lowest BCUT2D eigenvalue weighted by atomic mass is 9.94. The first kappa shape index (κ1) is 18.2. The molecular weight excluding hydrogens is 336 g/mol. The zero-order valence-corrected chi connectivity index (χ0v) is 16.5. The van der Waals surface area contributed by atoms with Crippen molar-refractivity contribution in [1.82, 2.24) is 19.6 Å². The Bertz CT molecular complexity index is 785. The molecule has 3 saturated heterocycles. The summed E-state index contributed by atoms with van der Waals surface area (Å²) >= 11 is 0. The molecule has 0 radical (unpaired) electrons. The molecule has 5 heteroatoms. The van der Waals surface area contributed by atoms with Crippen molar-refractivity contribution >= 4 is 5.91 Å². The fourth-order valence-electron chi connectivity index (χ4n) is 4.66. The third-order valence-corrected chi connectivity index (χ3v) is 6.05. The highest BCUT2D eigenvalue weighted by Gasteiger charge is 2.36. The molecule has 1 aromatic heterocycles. The van der Waals surface area contributed by atoms with Crippen molar-refractivity contribution in [2.75, 3.05) is 19.6 Å². The second kappa shape index (κ2) is 7.85. The number of aromatic nitrogens is 2. The van der Waals surface area contributed by atoms with E-state index in [-0.39, 0.29) is 5.91 Å². The Morgan fingerprint density at radius 3 is 2.67 bits per heavy atom. The molecule has 5 nitrogen and oxygen atoms in total. The molecule has 0 aliphatic carbocycles. The van der Waals surface area contributed by atoms with E-state index in [1.807, 2.05) is 11.6 Å². The zero-order chi connectivity index (χ0) is 18.8. The van der Waals surface area contributed by atoms with Gasteiger partial charge in [-0.05, 0) is 44.2 Å². The topological polar surface area (TPSA) is 41.4 Å². The van der Waals surface area contributed by atoms with Crippen LogP contribution in [0.4, 0.5) is 0 Å². The van der Waals surface area contributed by atoms with Crippen LogP contribution in [0, 0.1) is 19.8 Å². The average Bonchev–Trinajstić information content (AvgIpc) is 2.82. The number of rotatable bonds is 5. The van der Waals surface area contributed by atoms with Gasteiger partial charge in [0.25, 0.3) is 0 Å². The first-order valence-corrected chi connectivity index (χ1v) is 10.2. The minimum atomic E-state index is 0.279. The summed E-state index contributed by atoms with van der Waals surface area (Å²) < 4.78 is 1.96. The quantitative estimate of drug-likeness (QED) is 0.817. The normalized spacial score (nSPS) is 22.8. The number of hydrogen-bond acceptors (Lipinski definition) is 3. The van der Waals surface area contributed by atoms with Crippen molar-refractivity contribution in [3.8, 4) is 0 Å². The van der Waals surface area contributed by atoms with Crippen LogP contribution < -0.4 is 0 Å². The summed E-state index contributed by atoms with van der Waals surface area (Å²) in [6, 6.07) is 13.3. The highest BCUT2D eigenvalue weighted by Crippen LogP contribution is 2.29. The van der Waals surface area contributed by atoms with Crippen LogP contribution in [-0.4, -0.2) is 51.2 Å². The zero-order valence-electron chi connectivity index (χ0n) is 16.5. The Hall–Kier alpha value is -2.14. The van der Waals surface area contributed by atoms with Crippen LogP contribution in [0.15, 0.2) is 36.4 Å². The Kier molecular flexibility index (Phi) is 5.30. The largest absolute Gasteiger partial charge is 0.341 e. The van der Waals surface area contributed by atoms with E-state index in [1.54, 1.807) is 0 Å². The van der Waals surface area contributed by atoms with Gasteiger partial charge in [0.15, 0.2) is 0 Å². The molecule has 1 aromatic carbocycles. The maximum atomic E-state index is 12.9. The van der Waals surface area contributed by atoms with E-state index in [0.29, 0.717) is 24.9 Å². The number of nitrogens with zero attached hydrogens (tertiary/aromatic N) is 4. The van der Waals surface area contributed by atoms with Gasteiger partial charge in [0.1, 0.15) is 0 Å². The van der Waals surface area contributed by atoms with Gasteiger partial charge in [-0.2, -0.15) is 5.10 Å². The summed E-state index contributed by atoms with van der Waals surface area (Å²) in [7, 11) is 0. The molecule has 5 rings (SSSR count). The minimum absolute atomic E-state index is 0.279. The fraction of sp³-hybridized carbons (Fsp3) is 0.545. The van der Waals surface area contributed by atoms with Gasteiger partial charge in [-0.1, -0.05) is 30.3 Å². The van der Waals surface area contributed by atoms with Gasteiger partial charge in [0.2, 0.25) is 5.91 Å². The Balaban J connectivity index is 1.37. The lowest BCUT2D eigenvalue weighted by Gasteiger charge is -2.36. The summed E-state index contributed by atoms with van der Waals surface area (Å²) in [6.45, 7) is 8.63. The molecule has 144 valence electrons. The van der Waals surface area contributed by atoms with Crippen LogP contribution in [0.2, 0.25) is 0 Å².